The van der Waals surface area contributed by atoms with E-state index in [1.807, 2.05) is 0 Å². The average molecular weight is 337 g/mol. The summed E-state index contributed by atoms with van der Waals surface area (Å²) in [4.78, 5) is 10.6. The third-order valence-electron chi connectivity index (χ3n) is 4.13. The second-order valence-corrected chi connectivity index (χ2v) is 6.62. The fourth-order valence-electron chi connectivity index (χ4n) is 2.64. The van der Waals surface area contributed by atoms with E-state index in [1.165, 1.54) is 84.0 Å². The Hall–Kier alpha value is -1.05. The molecule has 0 saturated heterocycles. The standard InChI is InChI=1S/C22H40O2/c1-3-4-5-6-7-8-9-10-11-12-13-14-15-16-17-18-19-20-21-24-22(2)23/h10-11,14-15H,3-9,12-13,16-21H2,1-2H3/b11-10+,15-14+. The smallest absolute Gasteiger partial charge is 0.302 e. The van der Waals surface area contributed by atoms with Crippen LogP contribution < -0.4 is 0 Å². The lowest BCUT2D eigenvalue weighted by atomic mass is 10.1. The van der Waals surface area contributed by atoms with Gasteiger partial charge in [-0.1, -0.05) is 76.2 Å². The van der Waals surface area contributed by atoms with Crippen molar-refractivity contribution in [3.8, 4) is 0 Å². The van der Waals surface area contributed by atoms with E-state index in [9.17, 15) is 4.79 Å². The van der Waals surface area contributed by atoms with Gasteiger partial charge in [-0.15, -0.1) is 0 Å². The molecule has 0 aliphatic rings. The maximum absolute atomic E-state index is 10.6. The Bertz CT molecular complexity index is 318. The normalized spacial score (nSPS) is 11.6. The molecular formula is C22H40O2. The summed E-state index contributed by atoms with van der Waals surface area (Å²) in [6, 6.07) is 0. The average Bonchev–Trinajstić information content (AvgIpc) is 2.56. The topological polar surface area (TPSA) is 26.3 Å². The van der Waals surface area contributed by atoms with Gasteiger partial charge in [0.05, 0.1) is 6.61 Å². The Morgan fingerprint density at radius 1 is 0.667 bits per heavy atom. The minimum atomic E-state index is -0.168. The van der Waals surface area contributed by atoms with Gasteiger partial charge in [0.2, 0.25) is 0 Å². The maximum Gasteiger partial charge on any atom is 0.302 e. The van der Waals surface area contributed by atoms with Crippen LogP contribution in [-0.4, -0.2) is 12.6 Å². The van der Waals surface area contributed by atoms with Crippen molar-refractivity contribution in [2.24, 2.45) is 0 Å². The molecule has 0 aliphatic carbocycles. The van der Waals surface area contributed by atoms with Crippen LogP contribution in [0.25, 0.3) is 0 Å². The molecule has 0 aliphatic heterocycles. The molecule has 0 aromatic carbocycles. The van der Waals surface area contributed by atoms with Crippen molar-refractivity contribution in [2.75, 3.05) is 6.61 Å². The first-order valence-electron chi connectivity index (χ1n) is 10.2. The molecule has 0 aromatic heterocycles. The fourth-order valence-corrected chi connectivity index (χ4v) is 2.64. The Labute approximate surface area is 150 Å². The van der Waals surface area contributed by atoms with E-state index in [1.54, 1.807) is 0 Å². The molecule has 0 saturated carbocycles. The van der Waals surface area contributed by atoms with Gasteiger partial charge in [-0.3, -0.25) is 4.79 Å². The highest BCUT2D eigenvalue weighted by Crippen LogP contribution is 2.08. The molecule has 0 atom stereocenters. The summed E-state index contributed by atoms with van der Waals surface area (Å²) in [7, 11) is 0. The van der Waals surface area contributed by atoms with Crippen LogP contribution in [0.5, 0.6) is 0 Å². The van der Waals surface area contributed by atoms with Crippen LogP contribution in [0.4, 0.5) is 0 Å². The van der Waals surface area contributed by atoms with Gasteiger partial charge in [-0.2, -0.15) is 0 Å². The molecule has 0 spiro atoms. The van der Waals surface area contributed by atoms with Gasteiger partial charge in [0, 0.05) is 6.92 Å². The highest BCUT2D eigenvalue weighted by molar-refractivity contribution is 5.65. The van der Waals surface area contributed by atoms with Gasteiger partial charge < -0.3 is 4.74 Å². The molecule has 24 heavy (non-hydrogen) atoms. The highest BCUT2D eigenvalue weighted by atomic mass is 16.5. The Balaban J connectivity index is 3.18. The third kappa shape index (κ3) is 20.9. The molecule has 0 unspecified atom stereocenters. The molecule has 2 nitrogen and oxygen atoms in total. The van der Waals surface area contributed by atoms with E-state index >= 15 is 0 Å². The molecule has 0 N–H and O–H groups in total. The highest BCUT2D eigenvalue weighted by Gasteiger charge is 1.93. The lowest BCUT2D eigenvalue weighted by molar-refractivity contribution is -0.141. The molecule has 0 rings (SSSR count). The van der Waals surface area contributed by atoms with E-state index in [4.69, 9.17) is 4.74 Å². The van der Waals surface area contributed by atoms with Crippen molar-refractivity contribution in [1.29, 1.82) is 0 Å². The summed E-state index contributed by atoms with van der Waals surface area (Å²) in [5, 5.41) is 0. The summed E-state index contributed by atoms with van der Waals surface area (Å²) < 4.78 is 4.91. The summed E-state index contributed by atoms with van der Waals surface area (Å²) in [5.41, 5.74) is 0. The number of carbonyl (C=O) groups excluding carboxylic acids is 1. The van der Waals surface area contributed by atoms with Gasteiger partial charge in [-0.25, -0.2) is 0 Å². The van der Waals surface area contributed by atoms with Crippen LogP contribution in [0.2, 0.25) is 0 Å². The number of rotatable bonds is 17. The van der Waals surface area contributed by atoms with E-state index in [0.717, 1.165) is 12.8 Å². The van der Waals surface area contributed by atoms with E-state index in [0.29, 0.717) is 6.61 Å². The zero-order chi connectivity index (χ0) is 17.7. The first kappa shape index (κ1) is 22.9. The van der Waals surface area contributed by atoms with E-state index < -0.39 is 0 Å². The fraction of sp³-hybridized carbons (Fsp3) is 0.773. The molecule has 0 aromatic rings. The lowest BCUT2D eigenvalue weighted by Gasteiger charge is -2.00. The molecular weight excluding hydrogens is 296 g/mol. The second-order valence-electron chi connectivity index (χ2n) is 6.62. The Morgan fingerprint density at radius 3 is 1.67 bits per heavy atom. The molecule has 0 heterocycles. The van der Waals surface area contributed by atoms with Crippen LogP contribution in [0.15, 0.2) is 24.3 Å². The third-order valence-corrected chi connectivity index (χ3v) is 4.13. The second kappa shape index (κ2) is 20.0. The summed E-state index contributed by atoms with van der Waals surface area (Å²) in [6.45, 7) is 4.32. The lowest BCUT2D eigenvalue weighted by Crippen LogP contribution is -1.99. The number of ether oxygens (including phenoxy) is 1. The first-order valence-corrected chi connectivity index (χ1v) is 10.2. The molecule has 140 valence electrons. The van der Waals surface area contributed by atoms with Gasteiger partial charge in [0.1, 0.15) is 0 Å². The number of esters is 1. The molecule has 0 amide bonds. The van der Waals surface area contributed by atoms with Gasteiger partial charge in [0.15, 0.2) is 0 Å². The summed E-state index contributed by atoms with van der Waals surface area (Å²) in [5.74, 6) is -0.168. The predicted octanol–water partition coefficient (Wildman–Crippen LogP) is 7.14. The summed E-state index contributed by atoms with van der Waals surface area (Å²) in [6.07, 6.45) is 27.0. The van der Waals surface area contributed by atoms with Gasteiger partial charge in [-0.05, 0) is 44.9 Å². The van der Waals surface area contributed by atoms with Crippen molar-refractivity contribution in [2.45, 2.75) is 104 Å². The zero-order valence-corrected chi connectivity index (χ0v) is 16.2. The number of hydrogen-bond donors (Lipinski definition) is 0. The minimum absolute atomic E-state index is 0.168. The number of carbonyl (C=O) groups is 1. The van der Waals surface area contributed by atoms with Crippen LogP contribution in [0.3, 0.4) is 0 Å². The molecule has 0 fully saturated rings. The zero-order valence-electron chi connectivity index (χ0n) is 16.2. The van der Waals surface area contributed by atoms with Gasteiger partial charge in [0.25, 0.3) is 0 Å². The quantitative estimate of drug-likeness (QED) is 0.160. The minimum Gasteiger partial charge on any atom is -0.466 e. The molecule has 0 bridgehead atoms. The van der Waals surface area contributed by atoms with Crippen molar-refractivity contribution >= 4 is 5.97 Å². The largest absolute Gasteiger partial charge is 0.466 e. The Morgan fingerprint density at radius 2 is 1.12 bits per heavy atom. The monoisotopic (exact) mass is 336 g/mol. The Kier molecular flexibility index (Phi) is 19.1. The number of hydrogen-bond acceptors (Lipinski definition) is 2. The molecule has 0 radical (unpaired) electrons. The maximum atomic E-state index is 10.6. The first-order chi connectivity index (χ1) is 11.8. The van der Waals surface area contributed by atoms with Crippen LogP contribution in [-0.2, 0) is 9.53 Å². The van der Waals surface area contributed by atoms with E-state index in [-0.39, 0.29) is 5.97 Å². The molecule has 2 heteroatoms. The summed E-state index contributed by atoms with van der Waals surface area (Å²) >= 11 is 0. The van der Waals surface area contributed by atoms with Crippen molar-refractivity contribution in [3.63, 3.8) is 0 Å². The van der Waals surface area contributed by atoms with Crippen LogP contribution in [0.1, 0.15) is 104 Å². The number of unbranched alkanes of at least 4 members (excludes halogenated alkanes) is 11. The van der Waals surface area contributed by atoms with Gasteiger partial charge >= 0.3 is 5.97 Å². The predicted molar refractivity (Wildman–Crippen MR) is 105 cm³/mol. The van der Waals surface area contributed by atoms with Crippen molar-refractivity contribution < 1.29 is 9.53 Å². The van der Waals surface area contributed by atoms with E-state index in [2.05, 4.69) is 31.2 Å². The van der Waals surface area contributed by atoms with Crippen LogP contribution >= 0.6 is 0 Å². The van der Waals surface area contributed by atoms with Crippen molar-refractivity contribution in [3.05, 3.63) is 24.3 Å². The van der Waals surface area contributed by atoms with Crippen molar-refractivity contribution in [1.82, 2.24) is 0 Å². The SMILES string of the molecule is CCCCCCCC/C=C/CC/C=C/CCCCCCOC(C)=O. The van der Waals surface area contributed by atoms with Crippen LogP contribution in [0, 0.1) is 0 Å². The number of allylic oxidation sites excluding steroid dienone is 4.